The highest BCUT2D eigenvalue weighted by atomic mass is 35.5. The van der Waals surface area contributed by atoms with Crippen molar-refractivity contribution in [3.05, 3.63) is 16.8 Å². The van der Waals surface area contributed by atoms with E-state index < -0.39 is 0 Å². The lowest BCUT2D eigenvalue weighted by atomic mass is 10.1. The van der Waals surface area contributed by atoms with E-state index in [1.165, 1.54) is 0 Å². The van der Waals surface area contributed by atoms with Gasteiger partial charge < -0.3 is 9.67 Å². The Balaban J connectivity index is 2.41. The van der Waals surface area contributed by atoms with Crippen LogP contribution < -0.4 is 0 Å². The number of hydrogen-bond donors (Lipinski definition) is 1. The molecular weight excluding hydrogens is 287 g/mol. The largest absolute Gasteiger partial charge is 0.396 e. The Kier molecular flexibility index (Phi) is 4.96. The zero-order valence-corrected chi connectivity index (χ0v) is 12.2. The predicted octanol–water partition coefficient (Wildman–Crippen LogP) is 3.25. The summed E-state index contributed by atoms with van der Waals surface area (Å²) in [7, 11) is 0. The Labute approximate surface area is 121 Å². The maximum atomic E-state index is 9.20. The summed E-state index contributed by atoms with van der Waals surface area (Å²) in [6, 6.07) is 0.150. The first-order valence-electron chi connectivity index (χ1n) is 6.33. The van der Waals surface area contributed by atoms with Gasteiger partial charge in [-0.25, -0.2) is 9.97 Å². The van der Waals surface area contributed by atoms with Crippen molar-refractivity contribution in [2.75, 3.05) is 6.61 Å². The fourth-order valence-electron chi connectivity index (χ4n) is 2.14. The van der Waals surface area contributed by atoms with Crippen molar-refractivity contribution in [2.45, 2.75) is 38.6 Å². The van der Waals surface area contributed by atoms with Gasteiger partial charge in [0.25, 0.3) is 0 Å². The Morgan fingerprint density at radius 2 is 2.11 bits per heavy atom. The minimum atomic E-state index is 0.109. The SMILES string of the molecule is CCCCC(CCO)n1cnc2c(Cl)nc(Cl)nc21. The molecule has 1 atom stereocenters. The van der Waals surface area contributed by atoms with Crippen LogP contribution in [0.25, 0.3) is 11.2 Å². The number of rotatable bonds is 6. The number of hydrogen-bond acceptors (Lipinski definition) is 4. The summed E-state index contributed by atoms with van der Waals surface area (Å²) in [5.74, 6) is 0. The Hall–Kier alpha value is -0.910. The molecule has 2 rings (SSSR count). The molecule has 1 N–H and O–H groups in total. The maximum Gasteiger partial charge on any atom is 0.225 e. The molecule has 0 bridgehead atoms. The molecular formula is C12H16Cl2N4O. The quantitative estimate of drug-likeness (QED) is 0.657. The molecule has 104 valence electrons. The molecule has 2 aromatic heterocycles. The summed E-state index contributed by atoms with van der Waals surface area (Å²) in [4.78, 5) is 12.3. The van der Waals surface area contributed by atoms with E-state index in [-0.39, 0.29) is 23.1 Å². The standard InChI is InChI=1S/C12H16Cl2N4O/c1-2-3-4-8(5-6-19)18-7-15-9-10(13)16-12(14)17-11(9)18/h7-8,19H,2-6H2,1H3. The van der Waals surface area contributed by atoms with Crippen molar-refractivity contribution in [1.29, 1.82) is 0 Å². The minimum absolute atomic E-state index is 0.109. The van der Waals surface area contributed by atoms with E-state index in [2.05, 4.69) is 21.9 Å². The molecule has 7 heteroatoms. The van der Waals surface area contributed by atoms with E-state index >= 15 is 0 Å². The Morgan fingerprint density at radius 3 is 2.79 bits per heavy atom. The summed E-state index contributed by atoms with van der Waals surface area (Å²) < 4.78 is 1.93. The molecule has 0 spiro atoms. The molecule has 0 fully saturated rings. The van der Waals surface area contributed by atoms with Crippen molar-refractivity contribution in [3.8, 4) is 0 Å². The van der Waals surface area contributed by atoms with Gasteiger partial charge in [-0.1, -0.05) is 31.4 Å². The van der Waals surface area contributed by atoms with Gasteiger partial charge in [0.05, 0.1) is 6.33 Å². The smallest absolute Gasteiger partial charge is 0.225 e. The highest BCUT2D eigenvalue weighted by Crippen LogP contribution is 2.26. The van der Waals surface area contributed by atoms with Crippen LogP contribution in [0.2, 0.25) is 10.4 Å². The van der Waals surface area contributed by atoms with E-state index in [0.29, 0.717) is 17.6 Å². The first-order valence-corrected chi connectivity index (χ1v) is 7.09. The van der Waals surface area contributed by atoms with E-state index in [1.807, 2.05) is 4.57 Å². The van der Waals surface area contributed by atoms with Crippen LogP contribution in [0.15, 0.2) is 6.33 Å². The summed E-state index contributed by atoms with van der Waals surface area (Å²) >= 11 is 11.8. The first-order chi connectivity index (χ1) is 9.17. The second-order valence-electron chi connectivity index (χ2n) is 4.42. The Morgan fingerprint density at radius 1 is 1.32 bits per heavy atom. The van der Waals surface area contributed by atoms with Crippen molar-refractivity contribution in [2.24, 2.45) is 0 Å². The molecule has 0 radical (unpaired) electrons. The van der Waals surface area contributed by atoms with Gasteiger partial charge in [0.1, 0.15) is 5.52 Å². The summed E-state index contributed by atoms with van der Waals surface area (Å²) in [5, 5.41) is 9.56. The fourth-order valence-corrected chi connectivity index (χ4v) is 2.56. The van der Waals surface area contributed by atoms with Crippen molar-refractivity contribution in [1.82, 2.24) is 19.5 Å². The number of unbranched alkanes of at least 4 members (excludes halogenated alkanes) is 1. The molecule has 0 amide bonds. The van der Waals surface area contributed by atoms with E-state index in [1.54, 1.807) is 6.33 Å². The third kappa shape index (κ3) is 3.16. The van der Waals surface area contributed by atoms with Gasteiger partial charge in [-0.05, 0) is 24.4 Å². The van der Waals surface area contributed by atoms with Gasteiger partial charge in [0.2, 0.25) is 5.28 Å². The molecule has 0 aliphatic rings. The molecule has 0 aliphatic carbocycles. The van der Waals surface area contributed by atoms with Gasteiger partial charge in [0, 0.05) is 12.6 Å². The average Bonchev–Trinajstić information content (AvgIpc) is 2.78. The van der Waals surface area contributed by atoms with Crippen molar-refractivity contribution in [3.63, 3.8) is 0 Å². The van der Waals surface area contributed by atoms with E-state index in [4.69, 9.17) is 23.2 Å². The summed E-state index contributed by atoms with van der Waals surface area (Å²) in [6.07, 6.45) is 5.49. The summed E-state index contributed by atoms with van der Waals surface area (Å²) in [6.45, 7) is 2.26. The molecule has 5 nitrogen and oxygen atoms in total. The lowest BCUT2D eigenvalue weighted by Crippen LogP contribution is -2.11. The van der Waals surface area contributed by atoms with Crippen LogP contribution >= 0.6 is 23.2 Å². The second kappa shape index (κ2) is 6.50. The Bertz CT molecular complexity index is 558. The molecule has 1 unspecified atom stereocenters. The van der Waals surface area contributed by atoms with Crippen LogP contribution in [-0.4, -0.2) is 31.2 Å². The number of aliphatic hydroxyl groups is 1. The number of aromatic nitrogens is 4. The van der Waals surface area contributed by atoms with Crippen LogP contribution in [-0.2, 0) is 0 Å². The topological polar surface area (TPSA) is 63.8 Å². The molecule has 0 aromatic carbocycles. The first kappa shape index (κ1) is 14.5. The van der Waals surface area contributed by atoms with Gasteiger partial charge in [-0.2, -0.15) is 4.98 Å². The van der Waals surface area contributed by atoms with E-state index in [9.17, 15) is 5.11 Å². The number of imidazole rings is 1. The van der Waals surface area contributed by atoms with Crippen LogP contribution in [0.3, 0.4) is 0 Å². The third-order valence-electron chi connectivity index (χ3n) is 3.10. The average molecular weight is 303 g/mol. The second-order valence-corrected chi connectivity index (χ2v) is 5.11. The van der Waals surface area contributed by atoms with Crippen LogP contribution in [0, 0.1) is 0 Å². The van der Waals surface area contributed by atoms with Crippen molar-refractivity contribution < 1.29 is 5.11 Å². The number of nitrogens with zero attached hydrogens (tertiary/aromatic N) is 4. The normalized spacial score (nSPS) is 13.1. The molecule has 0 saturated heterocycles. The number of fused-ring (bicyclic) bond motifs is 1. The third-order valence-corrected chi connectivity index (χ3v) is 3.53. The lowest BCUT2D eigenvalue weighted by Gasteiger charge is -2.17. The van der Waals surface area contributed by atoms with Gasteiger partial charge >= 0.3 is 0 Å². The van der Waals surface area contributed by atoms with Crippen LogP contribution in [0.4, 0.5) is 0 Å². The minimum Gasteiger partial charge on any atom is -0.396 e. The highest BCUT2D eigenvalue weighted by molar-refractivity contribution is 6.35. The maximum absolute atomic E-state index is 9.20. The zero-order chi connectivity index (χ0) is 13.8. The zero-order valence-electron chi connectivity index (χ0n) is 10.7. The molecule has 0 aliphatic heterocycles. The molecule has 2 heterocycles. The highest BCUT2D eigenvalue weighted by Gasteiger charge is 2.17. The van der Waals surface area contributed by atoms with Gasteiger partial charge in [0.15, 0.2) is 10.8 Å². The van der Waals surface area contributed by atoms with Crippen molar-refractivity contribution >= 4 is 34.4 Å². The van der Waals surface area contributed by atoms with Crippen LogP contribution in [0.1, 0.15) is 38.6 Å². The lowest BCUT2D eigenvalue weighted by molar-refractivity contribution is 0.252. The van der Waals surface area contributed by atoms with Gasteiger partial charge in [-0.3, -0.25) is 0 Å². The van der Waals surface area contributed by atoms with E-state index in [0.717, 1.165) is 19.3 Å². The molecule has 0 saturated carbocycles. The number of aliphatic hydroxyl groups excluding tert-OH is 1. The predicted molar refractivity (Wildman–Crippen MR) is 75.6 cm³/mol. The number of halogens is 2. The fraction of sp³-hybridized carbons (Fsp3) is 0.583. The molecule has 19 heavy (non-hydrogen) atoms. The monoisotopic (exact) mass is 302 g/mol. The van der Waals surface area contributed by atoms with Crippen LogP contribution in [0.5, 0.6) is 0 Å². The molecule has 2 aromatic rings. The van der Waals surface area contributed by atoms with Gasteiger partial charge in [-0.15, -0.1) is 0 Å². The summed E-state index contributed by atoms with van der Waals surface area (Å²) in [5.41, 5.74) is 1.17.